The summed E-state index contributed by atoms with van der Waals surface area (Å²) in [6.45, 7) is 4.53. The third kappa shape index (κ3) is 2.63. The Bertz CT molecular complexity index is 646. The van der Waals surface area contributed by atoms with Crippen molar-refractivity contribution in [1.29, 1.82) is 5.26 Å². The Balaban J connectivity index is 2.40. The van der Waals surface area contributed by atoms with Gasteiger partial charge in [0.2, 0.25) is 0 Å². The standard InChI is InChI=1S/C14H14N4O/c1-3-19-12-5-4-10(6-9(12)2)14-17-8-11(7-15)13(16)18-14/h4-6,8H,3H2,1-2H3,(H2,16,17,18). The molecular weight excluding hydrogens is 240 g/mol. The molecule has 1 aromatic heterocycles. The van der Waals surface area contributed by atoms with Crippen molar-refractivity contribution in [3.8, 4) is 23.2 Å². The minimum atomic E-state index is 0.194. The van der Waals surface area contributed by atoms with Gasteiger partial charge in [-0.2, -0.15) is 5.26 Å². The zero-order valence-electron chi connectivity index (χ0n) is 10.8. The molecule has 0 radical (unpaired) electrons. The van der Waals surface area contributed by atoms with E-state index in [2.05, 4.69) is 9.97 Å². The fraction of sp³-hybridized carbons (Fsp3) is 0.214. The van der Waals surface area contributed by atoms with Crippen molar-refractivity contribution in [3.05, 3.63) is 35.5 Å². The molecule has 0 aliphatic rings. The Hall–Kier alpha value is -2.61. The molecule has 0 fully saturated rings. The summed E-state index contributed by atoms with van der Waals surface area (Å²) < 4.78 is 5.48. The highest BCUT2D eigenvalue weighted by atomic mass is 16.5. The lowest BCUT2D eigenvalue weighted by molar-refractivity contribution is 0.338. The highest BCUT2D eigenvalue weighted by molar-refractivity contribution is 5.61. The number of nitrogens with zero attached hydrogens (tertiary/aromatic N) is 3. The van der Waals surface area contributed by atoms with Gasteiger partial charge in [0.05, 0.1) is 12.8 Å². The normalized spacial score (nSPS) is 9.95. The number of rotatable bonds is 3. The van der Waals surface area contributed by atoms with Crippen molar-refractivity contribution in [3.63, 3.8) is 0 Å². The molecule has 19 heavy (non-hydrogen) atoms. The predicted molar refractivity (Wildman–Crippen MR) is 72.5 cm³/mol. The number of nitrogen functional groups attached to an aromatic ring is 1. The number of hydrogen-bond acceptors (Lipinski definition) is 5. The molecule has 0 spiro atoms. The van der Waals surface area contributed by atoms with Crippen molar-refractivity contribution < 1.29 is 4.74 Å². The van der Waals surface area contributed by atoms with Gasteiger partial charge in [-0.15, -0.1) is 0 Å². The molecule has 0 atom stereocenters. The average molecular weight is 254 g/mol. The molecule has 2 N–H and O–H groups in total. The molecule has 1 heterocycles. The van der Waals surface area contributed by atoms with Gasteiger partial charge in [0.25, 0.3) is 0 Å². The van der Waals surface area contributed by atoms with E-state index in [-0.39, 0.29) is 11.4 Å². The fourth-order valence-electron chi connectivity index (χ4n) is 1.73. The maximum Gasteiger partial charge on any atom is 0.161 e. The highest BCUT2D eigenvalue weighted by Crippen LogP contribution is 2.24. The maximum absolute atomic E-state index is 8.79. The lowest BCUT2D eigenvalue weighted by Crippen LogP contribution is -1.99. The van der Waals surface area contributed by atoms with Gasteiger partial charge in [0, 0.05) is 5.56 Å². The topological polar surface area (TPSA) is 84.8 Å². The Morgan fingerprint density at radius 1 is 1.42 bits per heavy atom. The van der Waals surface area contributed by atoms with Crippen LogP contribution in [0.4, 0.5) is 5.82 Å². The Morgan fingerprint density at radius 2 is 2.21 bits per heavy atom. The Labute approximate surface area is 111 Å². The highest BCUT2D eigenvalue weighted by Gasteiger charge is 2.08. The van der Waals surface area contributed by atoms with Gasteiger partial charge in [0.15, 0.2) is 5.82 Å². The molecule has 5 heteroatoms. The minimum absolute atomic E-state index is 0.194. The van der Waals surface area contributed by atoms with Gasteiger partial charge in [0.1, 0.15) is 23.2 Å². The Morgan fingerprint density at radius 3 is 2.79 bits per heavy atom. The lowest BCUT2D eigenvalue weighted by atomic mass is 10.1. The third-order valence-corrected chi connectivity index (χ3v) is 2.67. The summed E-state index contributed by atoms with van der Waals surface area (Å²) in [5.41, 5.74) is 7.82. The second-order valence-corrected chi connectivity index (χ2v) is 4.02. The third-order valence-electron chi connectivity index (χ3n) is 2.67. The molecule has 0 aliphatic heterocycles. The number of aromatic nitrogens is 2. The minimum Gasteiger partial charge on any atom is -0.494 e. The summed E-state index contributed by atoms with van der Waals surface area (Å²) in [4.78, 5) is 8.28. The summed E-state index contributed by atoms with van der Waals surface area (Å²) in [5.74, 6) is 1.54. The molecule has 1 aromatic carbocycles. The molecular formula is C14H14N4O. The zero-order chi connectivity index (χ0) is 13.8. The van der Waals surface area contributed by atoms with Crippen molar-refractivity contribution in [1.82, 2.24) is 9.97 Å². The van der Waals surface area contributed by atoms with E-state index in [1.807, 2.05) is 38.1 Å². The van der Waals surface area contributed by atoms with Gasteiger partial charge in [-0.3, -0.25) is 0 Å². The summed E-state index contributed by atoms with van der Waals surface area (Å²) in [5, 5.41) is 8.79. The maximum atomic E-state index is 8.79. The van der Waals surface area contributed by atoms with Crippen LogP contribution < -0.4 is 10.5 Å². The van der Waals surface area contributed by atoms with Crippen LogP contribution in [0.5, 0.6) is 5.75 Å². The van der Waals surface area contributed by atoms with E-state index in [1.165, 1.54) is 6.20 Å². The number of anilines is 1. The number of nitriles is 1. The molecule has 5 nitrogen and oxygen atoms in total. The van der Waals surface area contributed by atoms with E-state index in [0.717, 1.165) is 16.9 Å². The fourth-order valence-corrected chi connectivity index (χ4v) is 1.73. The van der Waals surface area contributed by atoms with Crippen LogP contribution in [-0.2, 0) is 0 Å². The van der Waals surface area contributed by atoms with Crippen molar-refractivity contribution in [2.45, 2.75) is 13.8 Å². The van der Waals surface area contributed by atoms with Crippen LogP contribution in [0.1, 0.15) is 18.1 Å². The molecule has 0 saturated carbocycles. The SMILES string of the molecule is CCOc1ccc(-c2ncc(C#N)c(N)n2)cc1C. The van der Waals surface area contributed by atoms with Gasteiger partial charge in [-0.25, -0.2) is 9.97 Å². The Kier molecular flexibility index (Phi) is 3.62. The number of nitrogens with two attached hydrogens (primary N) is 1. The van der Waals surface area contributed by atoms with E-state index in [9.17, 15) is 0 Å². The van der Waals surface area contributed by atoms with Crippen molar-refractivity contribution in [2.75, 3.05) is 12.3 Å². The average Bonchev–Trinajstić information content (AvgIpc) is 2.41. The van der Waals surface area contributed by atoms with Crippen LogP contribution >= 0.6 is 0 Å². The number of ether oxygens (including phenoxy) is 1. The first-order valence-electron chi connectivity index (χ1n) is 5.92. The molecule has 2 rings (SSSR count). The van der Waals surface area contributed by atoms with Gasteiger partial charge in [-0.05, 0) is 37.6 Å². The first-order chi connectivity index (χ1) is 9.15. The van der Waals surface area contributed by atoms with E-state index in [0.29, 0.717) is 12.4 Å². The van der Waals surface area contributed by atoms with Crippen LogP contribution in [-0.4, -0.2) is 16.6 Å². The molecule has 0 unspecified atom stereocenters. The van der Waals surface area contributed by atoms with E-state index >= 15 is 0 Å². The first-order valence-corrected chi connectivity index (χ1v) is 5.92. The van der Waals surface area contributed by atoms with Crippen LogP contribution in [0, 0.1) is 18.3 Å². The molecule has 2 aromatic rings. The summed E-state index contributed by atoms with van der Waals surface area (Å²) in [6.07, 6.45) is 1.43. The second kappa shape index (κ2) is 5.36. The van der Waals surface area contributed by atoms with Crippen LogP contribution in [0.3, 0.4) is 0 Å². The smallest absolute Gasteiger partial charge is 0.161 e. The van der Waals surface area contributed by atoms with Crippen molar-refractivity contribution in [2.24, 2.45) is 0 Å². The molecule has 96 valence electrons. The summed E-state index contributed by atoms with van der Waals surface area (Å²) >= 11 is 0. The van der Waals surface area contributed by atoms with Gasteiger partial charge >= 0.3 is 0 Å². The second-order valence-electron chi connectivity index (χ2n) is 4.02. The van der Waals surface area contributed by atoms with Crippen LogP contribution in [0.2, 0.25) is 0 Å². The summed E-state index contributed by atoms with van der Waals surface area (Å²) in [6, 6.07) is 7.63. The zero-order valence-corrected chi connectivity index (χ0v) is 10.8. The van der Waals surface area contributed by atoms with Gasteiger partial charge in [-0.1, -0.05) is 0 Å². The van der Waals surface area contributed by atoms with Crippen LogP contribution in [0.15, 0.2) is 24.4 Å². The van der Waals surface area contributed by atoms with E-state index < -0.39 is 0 Å². The van der Waals surface area contributed by atoms with Crippen LogP contribution in [0.25, 0.3) is 11.4 Å². The monoisotopic (exact) mass is 254 g/mol. The quantitative estimate of drug-likeness (QED) is 0.908. The van der Waals surface area contributed by atoms with E-state index in [1.54, 1.807) is 0 Å². The largest absolute Gasteiger partial charge is 0.494 e. The molecule has 0 saturated heterocycles. The predicted octanol–water partition coefficient (Wildman–Crippen LogP) is 2.30. The molecule has 0 bridgehead atoms. The molecule has 0 amide bonds. The number of benzene rings is 1. The van der Waals surface area contributed by atoms with Gasteiger partial charge < -0.3 is 10.5 Å². The molecule has 0 aliphatic carbocycles. The van der Waals surface area contributed by atoms with E-state index in [4.69, 9.17) is 15.7 Å². The van der Waals surface area contributed by atoms with Crippen molar-refractivity contribution >= 4 is 5.82 Å². The number of hydrogen-bond donors (Lipinski definition) is 1. The first kappa shape index (κ1) is 12.8. The number of aryl methyl sites for hydroxylation is 1. The summed E-state index contributed by atoms with van der Waals surface area (Å²) in [7, 11) is 0. The lowest BCUT2D eigenvalue weighted by Gasteiger charge is -2.08.